The summed E-state index contributed by atoms with van der Waals surface area (Å²) in [6.07, 6.45) is 4.79. The molecule has 0 spiro atoms. The van der Waals surface area contributed by atoms with E-state index in [2.05, 4.69) is 43.1 Å². The van der Waals surface area contributed by atoms with E-state index in [9.17, 15) is 9.90 Å². The Balaban J connectivity index is 2.02. The van der Waals surface area contributed by atoms with Crippen molar-refractivity contribution in [3.05, 3.63) is 35.9 Å². The third-order valence-corrected chi connectivity index (χ3v) is 4.61. The summed E-state index contributed by atoms with van der Waals surface area (Å²) in [5, 5.41) is 9.30. The van der Waals surface area contributed by atoms with Crippen molar-refractivity contribution in [1.82, 2.24) is 4.90 Å². The van der Waals surface area contributed by atoms with Crippen LogP contribution in [0.4, 0.5) is 0 Å². The monoisotopic (exact) mass is 289 g/mol. The highest BCUT2D eigenvalue weighted by Crippen LogP contribution is 2.42. The zero-order valence-corrected chi connectivity index (χ0v) is 13.2. The molecule has 1 N–H and O–H groups in total. The SMILES string of the molecule is C[C@@H]1CCC[C@@](CC(=O)O)(CN(C)Cc2ccccc2)C1. The fourth-order valence-corrected chi connectivity index (χ4v) is 3.97. The number of carboxylic acid groups (broad SMARTS) is 1. The summed E-state index contributed by atoms with van der Waals surface area (Å²) >= 11 is 0. The maximum atomic E-state index is 11.3. The van der Waals surface area contributed by atoms with Crippen LogP contribution in [0, 0.1) is 11.3 Å². The number of hydrogen-bond acceptors (Lipinski definition) is 2. The molecule has 0 heterocycles. The molecule has 116 valence electrons. The summed E-state index contributed by atoms with van der Waals surface area (Å²) in [6, 6.07) is 10.4. The quantitative estimate of drug-likeness (QED) is 0.866. The molecule has 3 nitrogen and oxygen atoms in total. The Hall–Kier alpha value is -1.35. The van der Waals surface area contributed by atoms with Crippen molar-refractivity contribution in [2.45, 2.75) is 45.6 Å². The van der Waals surface area contributed by atoms with Crippen LogP contribution in [0.15, 0.2) is 30.3 Å². The number of aliphatic carboxylic acids is 1. The van der Waals surface area contributed by atoms with Crippen LogP contribution in [0.25, 0.3) is 0 Å². The maximum absolute atomic E-state index is 11.3. The molecule has 1 aromatic rings. The highest BCUT2D eigenvalue weighted by molar-refractivity contribution is 5.67. The van der Waals surface area contributed by atoms with Crippen LogP contribution in [-0.4, -0.2) is 29.6 Å². The van der Waals surface area contributed by atoms with E-state index in [0.29, 0.717) is 12.3 Å². The first-order chi connectivity index (χ1) is 9.99. The maximum Gasteiger partial charge on any atom is 0.303 e. The molecule has 1 aliphatic rings. The van der Waals surface area contributed by atoms with Crippen LogP contribution in [0.5, 0.6) is 0 Å². The second-order valence-corrected chi connectivity index (χ2v) is 6.93. The first-order valence-corrected chi connectivity index (χ1v) is 7.93. The average molecular weight is 289 g/mol. The second kappa shape index (κ2) is 7.08. The van der Waals surface area contributed by atoms with Gasteiger partial charge < -0.3 is 10.0 Å². The Bertz CT molecular complexity index is 460. The van der Waals surface area contributed by atoms with Gasteiger partial charge in [0, 0.05) is 13.1 Å². The van der Waals surface area contributed by atoms with Crippen LogP contribution in [0.1, 0.15) is 44.6 Å². The summed E-state index contributed by atoms with van der Waals surface area (Å²) in [6.45, 7) is 4.02. The van der Waals surface area contributed by atoms with Crippen LogP contribution in [0.2, 0.25) is 0 Å². The normalized spacial score (nSPS) is 26.0. The fraction of sp³-hybridized carbons (Fsp3) is 0.611. The van der Waals surface area contributed by atoms with Crippen molar-refractivity contribution in [2.24, 2.45) is 11.3 Å². The van der Waals surface area contributed by atoms with Crippen molar-refractivity contribution < 1.29 is 9.90 Å². The Morgan fingerprint density at radius 1 is 1.38 bits per heavy atom. The Morgan fingerprint density at radius 2 is 2.10 bits per heavy atom. The molecule has 1 aromatic carbocycles. The van der Waals surface area contributed by atoms with Gasteiger partial charge in [-0.05, 0) is 36.8 Å². The molecule has 0 aromatic heterocycles. The van der Waals surface area contributed by atoms with Gasteiger partial charge in [-0.3, -0.25) is 4.79 Å². The van der Waals surface area contributed by atoms with E-state index in [4.69, 9.17) is 0 Å². The number of carboxylic acids is 1. The first kappa shape index (κ1) is 16.0. The van der Waals surface area contributed by atoms with Gasteiger partial charge in [0.25, 0.3) is 0 Å². The Morgan fingerprint density at radius 3 is 2.71 bits per heavy atom. The summed E-state index contributed by atoms with van der Waals surface area (Å²) in [7, 11) is 2.11. The van der Waals surface area contributed by atoms with Gasteiger partial charge in [-0.2, -0.15) is 0 Å². The summed E-state index contributed by atoms with van der Waals surface area (Å²) in [5.41, 5.74) is 1.24. The summed E-state index contributed by atoms with van der Waals surface area (Å²) in [4.78, 5) is 13.6. The number of rotatable bonds is 6. The number of carbonyl (C=O) groups is 1. The Kier molecular flexibility index (Phi) is 5.40. The van der Waals surface area contributed by atoms with Crippen LogP contribution in [-0.2, 0) is 11.3 Å². The topological polar surface area (TPSA) is 40.5 Å². The molecule has 0 unspecified atom stereocenters. The van der Waals surface area contributed by atoms with E-state index in [1.54, 1.807) is 0 Å². The minimum Gasteiger partial charge on any atom is -0.481 e. The van der Waals surface area contributed by atoms with Crippen LogP contribution < -0.4 is 0 Å². The zero-order chi connectivity index (χ0) is 15.3. The molecule has 0 radical (unpaired) electrons. The summed E-state index contributed by atoms with van der Waals surface area (Å²) < 4.78 is 0. The van der Waals surface area contributed by atoms with Gasteiger partial charge in [-0.25, -0.2) is 0 Å². The lowest BCUT2D eigenvalue weighted by Gasteiger charge is -2.41. The number of benzene rings is 1. The lowest BCUT2D eigenvalue weighted by Crippen LogP contribution is -2.40. The van der Waals surface area contributed by atoms with Gasteiger partial charge in [-0.1, -0.05) is 50.1 Å². The smallest absolute Gasteiger partial charge is 0.303 e. The number of hydrogen-bond donors (Lipinski definition) is 1. The molecule has 0 amide bonds. The molecular weight excluding hydrogens is 262 g/mol. The molecule has 2 rings (SSSR count). The van der Waals surface area contributed by atoms with Gasteiger partial charge >= 0.3 is 5.97 Å². The van der Waals surface area contributed by atoms with Crippen molar-refractivity contribution in [3.8, 4) is 0 Å². The highest BCUT2D eigenvalue weighted by atomic mass is 16.4. The van der Waals surface area contributed by atoms with Gasteiger partial charge in [0.1, 0.15) is 0 Å². The fourth-order valence-electron chi connectivity index (χ4n) is 3.97. The lowest BCUT2D eigenvalue weighted by atomic mass is 9.68. The zero-order valence-electron chi connectivity index (χ0n) is 13.2. The van der Waals surface area contributed by atoms with E-state index >= 15 is 0 Å². The van der Waals surface area contributed by atoms with Gasteiger partial charge in [0.05, 0.1) is 6.42 Å². The van der Waals surface area contributed by atoms with E-state index in [-0.39, 0.29) is 5.41 Å². The van der Waals surface area contributed by atoms with Gasteiger partial charge in [0.15, 0.2) is 0 Å². The minimum atomic E-state index is -0.655. The molecule has 0 saturated heterocycles. The highest BCUT2D eigenvalue weighted by Gasteiger charge is 2.37. The largest absolute Gasteiger partial charge is 0.481 e. The average Bonchev–Trinajstić information content (AvgIpc) is 2.38. The molecular formula is C18H27NO2. The van der Waals surface area contributed by atoms with E-state index in [1.165, 1.54) is 12.0 Å². The van der Waals surface area contributed by atoms with Crippen molar-refractivity contribution in [3.63, 3.8) is 0 Å². The van der Waals surface area contributed by atoms with Crippen molar-refractivity contribution in [1.29, 1.82) is 0 Å². The van der Waals surface area contributed by atoms with Crippen molar-refractivity contribution in [2.75, 3.05) is 13.6 Å². The molecule has 1 fully saturated rings. The van der Waals surface area contributed by atoms with E-state index in [0.717, 1.165) is 32.4 Å². The number of nitrogens with zero attached hydrogens (tertiary/aromatic N) is 1. The van der Waals surface area contributed by atoms with Crippen LogP contribution in [0.3, 0.4) is 0 Å². The van der Waals surface area contributed by atoms with Crippen molar-refractivity contribution >= 4 is 5.97 Å². The molecule has 1 saturated carbocycles. The Labute approximate surface area is 128 Å². The van der Waals surface area contributed by atoms with E-state index < -0.39 is 5.97 Å². The van der Waals surface area contributed by atoms with Crippen LogP contribution >= 0.6 is 0 Å². The molecule has 1 aliphatic carbocycles. The predicted octanol–water partition coefficient (Wildman–Crippen LogP) is 3.79. The molecule has 3 heteroatoms. The first-order valence-electron chi connectivity index (χ1n) is 7.93. The predicted molar refractivity (Wildman–Crippen MR) is 85.1 cm³/mol. The van der Waals surface area contributed by atoms with Gasteiger partial charge in [-0.15, -0.1) is 0 Å². The van der Waals surface area contributed by atoms with Gasteiger partial charge in [0.2, 0.25) is 0 Å². The standard InChI is InChI=1S/C18H27NO2/c1-15-7-6-10-18(11-15,12-17(20)21)14-19(2)13-16-8-4-3-5-9-16/h3-5,8-9,15H,6-7,10-14H2,1-2H3,(H,20,21)/t15-,18-/m1/s1. The third-order valence-electron chi connectivity index (χ3n) is 4.61. The summed E-state index contributed by atoms with van der Waals surface area (Å²) in [5.74, 6) is -0.0135. The molecule has 0 bridgehead atoms. The lowest BCUT2D eigenvalue weighted by molar-refractivity contribution is -0.141. The second-order valence-electron chi connectivity index (χ2n) is 6.93. The van der Waals surface area contributed by atoms with E-state index in [1.807, 2.05) is 6.07 Å². The molecule has 0 aliphatic heterocycles. The molecule has 2 atom stereocenters. The minimum absolute atomic E-state index is 0.0486. The third kappa shape index (κ3) is 4.85. The molecule has 21 heavy (non-hydrogen) atoms.